The number of carbonyl (C=O) groups is 3. The van der Waals surface area contributed by atoms with Gasteiger partial charge in [-0.25, -0.2) is 0 Å². The molecular weight excluding hydrogens is 475 g/mol. The van der Waals surface area contributed by atoms with Crippen LogP contribution in [-0.4, -0.2) is 46.1 Å². The van der Waals surface area contributed by atoms with Crippen molar-refractivity contribution in [1.29, 1.82) is 5.26 Å². The first kappa shape index (κ1) is 23.2. The van der Waals surface area contributed by atoms with Crippen LogP contribution in [0, 0.1) is 29.1 Å². The summed E-state index contributed by atoms with van der Waals surface area (Å²) < 4.78 is 0. The van der Waals surface area contributed by atoms with Crippen LogP contribution in [0.3, 0.4) is 0 Å². The van der Waals surface area contributed by atoms with E-state index in [0.29, 0.717) is 46.0 Å². The molecule has 2 N–H and O–H groups in total. The van der Waals surface area contributed by atoms with Crippen molar-refractivity contribution < 1.29 is 14.4 Å². The number of rotatable bonds is 5. The minimum absolute atomic E-state index is 0.0629. The zero-order valence-corrected chi connectivity index (χ0v) is 20.2. The number of H-pyrrole nitrogens is 1. The number of nitrogens with one attached hydrogen (secondary N) is 2. The predicted octanol–water partition coefficient (Wildman–Crippen LogP) is 4.48. The Balaban J connectivity index is 1.38. The number of nitrogens with zero attached hydrogens (tertiary/aromatic N) is 2. The fourth-order valence-electron chi connectivity index (χ4n) is 6.09. The summed E-state index contributed by atoms with van der Waals surface area (Å²) in [6.07, 6.45) is 5.34. The van der Waals surface area contributed by atoms with Gasteiger partial charge >= 0.3 is 0 Å². The lowest BCUT2D eigenvalue weighted by atomic mass is 9.92. The molecule has 2 aromatic rings. The minimum Gasteiger partial charge on any atom is -0.349 e. The van der Waals surface area contributed by atoms with Crippen LogP contribution in [-0.2, 0) is 9.59 Å². The number of aromatic amines is 1. The van der Waals surface area contributed by atoms with Gasteiger partial charge in [-0.15, -0.1) is 0 Å². The van der Waals surface area contributed by atoms with E-state index in [0.717, 1.165) is 32.1 Å². The number of hydrogen-bond donors (Lipinski definition) is 2. The molecule has 0 spiro atoms. The molecule has 1 aromatic heterocycles. The normalized spacial score (nSPS) is 27.1. The third-order valence-electron chi connectivity index (χ3n) is 7.76. The van der Waals surface area contributed by atoms with Crippen LogP contribution in [0.2, 0.25) is 10.0 Å². The average molecular weight is 501 g/mol. The first-order chi connectivity index (χ1) is 16.4. The average Bonchev–Trinajstić information content (AvgIpc) is 3.59. The van der Waals surface area contributed by atoms with Gasteiger partial charge in [0, 0.05) is 24.3 Å². The highest BCUT2D eigenvalue weighted by atomic mass is 35.5. The number of amides is 2. The lowest BCUT2D eigenvalue weighted by Gasteiger charge is -2.28. The maximum Gasteiger partial charge on any atom is 0.271 e. The maximum absolute atomic E-state index is 13.6. The molecule has 0 bridgehead atoms. The Morgan fingerprint density at radius 1 is 1.21 bits per heavy atom. The lowest BCUT2D eigenvalue weighted by Crippen LogP contribution is -2.51. The van der Waals surface area contributed by atoms with E-state index in [9.17, 15) is 19.6 Å². The van der Waals surface area contributed by atoms with Crippen molar-refractivity contribution in [3.8, 4) is 6.07 Å². The molecule has 5 rings (SSSR count). The lowest BCUT2D eigenvalue weighted by molar-refractivity contribution is -0.127. The molecule has 178 valence electrons. The molecule has 2 amide bonds. The van der Waals surface area contributed by atoms with Crippen LogP contribution in [0.4, 0.5) is 0 Å². The smallest absolute Gasteiger partial charge is 0.271 e. The van der Waals surface area contributed by atoms with Crippen molar-refractivity contribution in [3.63, 3.8) is 0 Å². The Bertz CT molecular complexity index is 1160. The summed E-state index contributed by atoms with van der Waals surface area (Å²) in [4.78, 5) is 43.8. The summed E-state index contributed by atoms with van der Waals surface area (Å²) in [6, 6.07) is 5.79. The van der Waals surface area contributed by atoms with Crippen molar-refractivity contribution >= 4 is 51.7 Å². The second kappa shape index (κ2) is 9.24. The van der Waals surface area contributed by atoms with Gasteiger partial charge in [-0.1, -0.05) is 29.6 Å². The van der Waals surface area contributed by atoms with Gasteiger partial charge in [0.05, 0.1) is 21.6 Å². The van der Waals surface area contributed by atoms with E-state index in [-0.39, 0.29) is 35.4 Å². The highest BCUT2D eigenvalue weighted by Gasteiger charge is 2.50. The number of ketones is 1. The number of nitriles is 1. The van der Waals surface area contributed by atoms with Gasteiger partial charge in [-0.2, -0.15) is 5.26 Å². The second-order valence-electron chi connectivity index (χ2n) is 9.74. The standard InChI is InChI=1S/C25H26Cl2N4O3/c26-18-7-8-19(27)22-17(18)10-20(30-22)25(34)31-12-14-4-1-5-16(14)23(31)24(33)29-15(11-28)9-13-3-2-6-21(13)32/h7-8,10,13-16,23,30H,1-6,9,12H2,(H,29,33)/t13-,14-,15-,16-,23-/m0/s1. The van der Waals surface area contributed by atoms with Gasteiger partial charge in [0.2, 0.25) is 5.91 Å². The van der Waals surface area contributed by atoms with Crippen LogP contribution < -0.4 is 5.32 Å². The van der Waals surface area contributed by atoms with Crippen LogP contribution in [0.5, 0.6) is 0 Å². The van der Waals surface area contributed by atoms with Crippen molar-refractivity contribution in [2.45, 2.75) is 57.0 Å². The van der Waals surface area contributed by atoms with Crippen molar-refractivity contribution in [3.05, 3.63) is 33.9 Å². The molecule has 1 saturated heterocycles. The molecule has 3 fully saturated rings. The summed E-state index contributed by atoms with van der Waals surface area (Å²) in [5.41, 5.74) is 0.917. The summed E-state index contributed by atoms with van der Waals surface area (Å²) in [5.74, 6) is -0.282. The predicted molar refractivity (Wildman–Crippen MR) is 128 cm³/mol. The van der Waals surface area contributed by atoms with Crippen LogP contribution >= 0.6 is 23.2 Å². The SMILES string of the molecule is N#C[C@H](C[C@@H]1CCCC1=O)NC(=O)[C@@H]1[C@H]2CCC[C@H]2CN1C(=O)c1cc2c(Cl)ccc(Cl)c2[nH]1. The van der Waals surface area contributed by atoms with Gasteiger partial charge in [0.15, 0.2) is 0 Å². The molecule has 9 heteroatoms. The van der Waals surface area contributed by atoms with Gasteiger partial charge in [0.25, 0.3) is 5.91 Å². The van der Waals surface area contributed by atoms with E-state index in [1.807, 2.05) is 0 Å². The molecule has 1 aromatic carbocycles. The fourth-order valence-corrected chi connectivity index (χ4v) is 6.52. The van der Waals surface area contributed by atoms with Gasteiger partial charge < -0.3 is 15.2 Å². The zero-order chi connectivity index (χ0) is 24.0. The minimum atomic E-state index is -0.748. The third kappa shape index (κ3) is 4.08. The van der Waals surface area contributed by atoms with E-state index in [1.165, 1.54) is 0 Å². The molecular formula is C25H26Cl2N4O3. The van der Waals surface area contributed by atoms with Crippen molar-refractivity contribution in [1.82, 2.24) is 15.2 Å². The van der Waals surface area contributed by atoms with E-state index in [1.54, 1.807) is 23.1 Å². The van der Waals surface area contributed by atoms with Gasteiger partial charge in [0.1, 0.15) is 23.6 Å². The number of likely N-dealkylation sites (tertiary alicyclic amines) is 1. The molecule has 5 atom stereocenters. The fraction of sp³-hybridized carbons (Fsp3) is 0.520. The van der Waals surface area contributed by atoms with Crippen molar-refractivity contribution in [2.24, 2.45) is 17.8 Å². The first-order valence-corrected chi connectivity index (χ1v) is 12.6. The summed E-state index contributed by atoms with van der Waals surface area (Å²) in [6.45, 7) is 0.497. The Morgan fingerprint density at radius 3 is 2.71 bits per heavy atom. The van der Waals surface area contributed by atoms with E-state index >= 15 is 0 Å². The highest BCUT2D eigenvalue weighted by Crippen LogP contribution is 2.43. The Labute approximate surface area is 207 Å². The Kier molecular flexibility index (Phi) is 6.30. The first-order valence-electron chi connectivity index (χ1n) is 11.9. The monoisotopic (exact) mass is 500 g/mol. The van der Waals surface area contributed by atoms with Gasteiger partial charge in [-0.05, 0) is 62.1 Å². The molecule has 1 aliphatic heterocycles. The Morgan fingerprint density at radius 2 is 2.00 bits per heavy atom. The Hall–Kier alpha value is -2.56. The van der Waals surface area contributed by atoms with Crippen molar-refractivity contribution in [2.75, 3.05) is 6.54 Å². The molecule has 2 saturated carbocycles. The number of aromatic nitrogens is 1. The molecule has 2 aliphatic carbocycles. The zero-order valence-electron chi connectivity index (χ0n) is 18.7. The molecule has 7 nitrogen and oxygen atoms in total. The number of benzene rings is 1. The summed E-state index contributed by atoms with van der Waals surface area (Å²) in [7, 11) is 0. The number of fused-ring (bicyclic) bond motifs is 2. The number of carbonyl (C=O) groups excluding carboxylic acids is 3. The number of hydrogen-bond acceptors (Lipinski definition) is 4. The molecule has 2 heterocycles. The van der Waals surface area contributed by atoms with Crippen LogP contribution in [0.1, 0.15) is 55.4 Å². The second-order valence-corrected chi connectivity index (χ2v) is 10.6. The third-order valence-corrected chi connectivity index (χ3v) is 8.41. The number of Topliss-reactive ketones (excluding diaryl/α,β-unsaturated/α-hetero) is 1. The van der Waals surface area contributed by atoms with E-state index in [4.69, 9.17) is 23.2 Å². The molecule has 0 unspecified atom stereocenters. The topological polar surface area (TPSA) is 106 Å². The van der Waals surface area contributed by atoms with Gasteiger partial charge in [-0.3, -0.25) is 14.4 Å². The number of halogens is 2. The summed E-state index contributed by atoms with van der Waals surface area (Å²) >= 11 is 12.6. The van der Waals surface area contributed by atoms with Crippen LogP contribution in [0.25, 0.3) is 10.9 Å². The van der Waals surface area contributed by atoms with E-state index < -0.39 is 12.1 Å². The van der Waals surface area contributed by atoms with Crippen LogP contribution in [0.15, 0.2) is 18.2 Å². The summed E-state index contributed by atoms with van der Waals surface area (Å²) in [5, 5.41) is 14.1. The highest BCUT2D eigenvalue weighted by molar-refractivity contribution is 6.40. The quantitative estimate of drug-likeness (QED) is 0.630. The molecule has 3 aliphatic rings. The largest absolute Gasteiger partial charge is 0.349 e. The van der Waals surface area contributed by atoms with E-state index in [2.05, 4.69) is 16.4 Å². The maximum atomic E-state index is 13.6. The molecule has 34 heavy (non-hydrogen) atoms. The molecule has 0 radical (unpaired) electrons.